The third-order valence-electron chi connectivity index (χ3n) is 3.63. The predicted molar refractivity (Wildman–Crippen MR) is 71.9 cm³/mol. The van der Waals surface area contributed by atoms with E-state index in [-0.39, 0.29) is 23.7 Å². The summed E-state index contributed by atoms with van der Waals surface area (Å²) in [7, 11) is 1.61. The molecule has 1 N–H and O–H groups in total. The summed E-state index contributed by atoms with van der Waals surface area (Å²) in [6.07, 6.45) is 2.04. The van der Waals surface area contributed by atoms with Gasteiger partial charge in [0.2, 0.25) is 11.8 Å². The third kappa shape index (κ3) is 2.78. The molecular weight excluding hydrogens is 242 g/mol. The van der Waals surface area contributed by atoms with Gasteiger partial charge in [0.1, 0.15) is 5.75 Å². The SMILES string of the molecule is CCCC1C(=O)NC(=O)CC1c1ccccc1OC. The van der Waals surface area contributed by atoms with Crippen molar-refractivity contribution in [3.8, 4) is 5.75 Å². The van der Waals surface area contributed by atoms with Crippen molar-refractivity contribution in [1.29, 1.82) is 0 Å². The lowest BCUT2D eigenvalue weighted by Crippen LogP contribution is -2.44. The number of piperidine rings is 1. The predicted octanol–water partition coefficient (Wildman–Crippen LogP) is 2.24. The number of carbonyl (C=O) groups is 2. The van der Waals surface area contributed by atoms with E-state index in [2.05, 4.69) is 5.32 Å². The molecule has 0 bridgehead atoms. The van der Waals surface area contributed by atoms with E-state index in [0.717, 1.165) is 24.2 Å². The molecule has 1 aromatic rings. The normalized spacial score (nSPS) is 23.1. The average Bonchev–Trinajstić information content (AvgIpc) is 2.41. The minimum Gasteiger partial charge on any atom is -0.496 e. The molecule has 1 heterocycles. The Kier molecular flexibility index (Phi) is 4.20. The molecule has 0 aromatic heterocycles. The van der Waals surface area contributed by atoms with Gasteiger partial charge in [-0.2, -0.15) is 0 Å². The fourth-order valence-corrected chi connectivity index (χ4v) is 2.75. The van der Waals surface area contributed by atoms with Crippen LogP contribution >= 0.6 is 0 Å². The molecule has 2 unspecified atom stereocenters. The zero-order valence-corrected chi connectivity index (χ0v) is 11.3. The maximum absolute atomic E-state index is 12.0. The van der Waals surface area contributed by atoms with E-state index in [1.807, 2.05) is 31.2 Å². The smallest absolute Gasteiger partial charge is 0.230 e. The van der Waals surface area contributed by atoms with Crippen LogP contribution in [0.1, 0.15) is 37.7 Å². The number of ether oxygens (including phenoxy) is 1. The summed E-state index contributed by atoms with van der Waals surface area (Å²) < 4.78 is 5.35. The fraction of sp³-hybridized carbons (Fsp3) is 0.467. The molecule has 2 amide bonds. The highest BCUT2D eigenvalue weighted by molar-refractivity contribution is 6.00. The lowest BCUT2D eigenvalue weighted by Gasteiger charge is -2.31. The van der Waals surface area contributed by atoms with Crippen LogP contribution in [0, 0.1) is 5.92 Å². The molecule has 1 aromatic carbocycles. The van der Waals surface area contributed by atoms with Gasteiger partial charge in [0, 0.05) is 18.3 Å². The topological polar surface area (TPSA) is 55.4 Å². The zero-order chi connectivity index (χ0) is 13.8. The Morgan fingerprint density at radius 1 is 1.32 bits per heavy atom. The first kappa shape index (κ1) is 13.6. The summed E-state index contributed by atoms with van der Waals surface area (Å²) in [5.41, 5.74) is 0.951. The largest absolute Gasteiger partial charge is 0.496 e. The first-order chi connectivity index (χ1) is 9.17. The monoisotopic (exact) mass is 261 g/mol. The Balaban J connectivity index is 2.37. The Labute approximate surface area is 113 Å². The van der Waals surface area contributed by atoms with Crippen molar-refractivity contribution in [1.82, 2.24) is 5.32 Å². The summed E-state index contributed by atoms with van der Waals surface area (Å²) in [5.74, 6) is 0.148. The van der Waals surface area contributed by atoms with Crippen LogP contribution in [0.5, 0.6) is 5.75 Å². The van der Waals surface area contributed by atoms with Gasteiger partial charge in [0.25, 0.3) is 0 Å². The summed E-state index contributed by atoms with van der Waals surface area (Å²) in [6, 6.07) is 7.62. The van der Waals surface area contributed by atoms with Crippen LogP contribution in [0.3, 0.4) is 0 Å². The van der Waals surface area contributed by atoms with Crippen LogP contribution in [0.15, 0.2) is 24.3 Å². The second-order valence-electron chi connectivity index (χ2n) is 4.86. The highest BCUT2D eigenvalue weighted by Gasteiger charge is 2.37. The van der Waals surface area contributed by atoms with Gasteiger partial charge < -0.3 is 4.74 Å². The van der Waals surface area contributed by atoms with Gasteiger partial charge >= 0.3 is 0 Å². The third-order valence-corrected chi connectivity index (χ3v) is 3.63. The van der Waals surface area contributed by atoms with Crippen molar-refractivity contribution in [2.45, 2.75) is 32.1 Å². The van der Waals surface area contributed by atoms with Crippen molar-refractivity contribution in [3.05, 3.63) is 29.8 Å². The molecule has 1 aliphatic rings. The first-order valence-electron chi connectivity index (χ1n) is 6.64. The van der Waals surface area contributed by atoms with Gasteiger partial charge in [-0.25, -0.2) is 0 Å². The molecular formula is C15H19NO3. The molecule has 0 spiro atoms. The maximum Gasteiger partial charge on any atom is 0.230 e. The lowest BCUT2D eigenvalue weighted by molar-refractivity contribution is -0.137. The van der Waals surface area contributed by atoms with E-state index in [0.29, 0.717) is 6.42 Å². The quantitative estimate of drug-likeness (QED) is 0.846. The molecule has 2 atom stereocenters. The summed E-state index contributed by atoms with van der Waals surface area (Å²) in [5, 5.41) is 2.43. The molecule has 1 saturated heterocycles. The first-order valence-corrected chi connectivity index (χ1v) is 6.64. The van der Waals surface area contributed by atoms with Crippen molar-refractivity contribution >= 4 is 11.8 Å². The molecule has 0 radical (unpaired) electrons. The Bertz CT molecular complexity index is 484. The second kappa shape index (κ2) is 5.87. The molecule has 4 nitrogen and oxygen atoms in total. The number of nitrogens with one attached hydrogen (secondary N) is 1. The van der Waals surface area contributed by atoms with Gasteiger partial charge in [-0.3, -0.25) is 14.9 Å². The minimum atomic E-state index is -0.201. The van der Waals surface area contributed by atoms with E-state index >= 15 is 0 Å². The summed E-state index contributed by atoms with van der Waals surface area (Å²) in [6.45, 7) is 2.04. The molecule has 0 aliphatic carbocycles. The van der Waals surface area contributed by atoms with Crippen LogP contribution in [-0.2, 0) is 9.59 Å². The molecule has 1 fully saturated rings. The van der Waals surface area contributed by atoms with Gasteiger partial charge in [-0.05, 0) is 18.1 Å². The van der Waals surface area contributed by atoms with Crippen molar-refractivity contribution < 1.29 is 14.3 Å². The van der Waals surface area contributed by atoms with Crippen molar-refractivity contribution in [2.24, 2.45) is 5.92 Å². The highest BCUT2D eigenvalue weighted by atomic mass is 16.5. The van der Waals surface area contributed by atoms with Crippen LogP contribution in [0.4, 0.5) is 0 Å². The van der Waals surface area contributed by atoms with Crippen LogP contribution < -0.4 is 10.1 Å². The van der Waals surface area contributed by atoms with Gasteiger partial charge in [0.05, 0.1) is 7.11 Å². The lowest BCUT2D eigenvalue weighted by atomic mass is 9.78. The van der Waals surface area contributed by atoms with Crippen LogP contribution in [-0.4, -0.2) is 18.9 Å². The standard InChI is InChI=1S/C15H19NO3/c1-3-6-11-12(9-14(17)16-15(11)18)10-7-4-5-8-13(10)19-2/h4-5,7-8,11-12H,3,6,9H2,1-2H3,(H,16,17,18). The van der Waals surface area contributed by atoms with Crippen molar-refractivity contribution in [3.63, 3.8) is 0 Å². The second-order valence-corrected chi connectivity index (χ2v) is 4.86. The van der Waals surface area contributed by atoms with Gasteiger partial charge in [0.15, 0.2) is 0 Å². The number of para-hydroxylation sites is 1. The number of benzene rings is 1. The fourth-order valence-electron chi connectivity index (χ4n) is 2.75. The molecule has 102 valence electrons. The van der Waals surface area contributed by atoms with E-state index in [9.17, 15) is 9.59 Å². The molecule has 1 aliphatic heterocycles. The maximum atomic E-state index is 12.0. The van der Waals surface area contributed by atoms with E-state index in [1.54, 1.807) is 7.11 Å². The van der Waals surface area contributed by atoms with E-state index in [4.69, 9.17) is 4.74 Å². The van der Waals surface area contributed by atoms with Crippen molar-refractivity contribution in [2.75, 3.05) is 7.11 Å². The molecule has 2 rings (SSSR count). The number of carbonyl (C=O) groups excluding carboxylic acids is 2. The number of methoxy groups -OCH3 is 1. The molecule has 0 saturated carbocycles. The van der Waals surface area contributed by atoms with E-state index in [1.165, 1.54) is 0 Å². The molecule has 4 heteroatoms. The zero-order valence-electron chi connectivity index (χ0n) is 11.3. The summed E-state index contributed by atoms with van der Waals surface area (Å²) in [4.78, 5) is 23.6. The Morgan fingerprint density at radius 3 is 2.74 bits per heavy atom. The van der Waals surface area contributed by atoms with E-state index < -0.39 is 0 Å². The Morgan fingerprint density at radius 2 is 2.05 bits per heavy atom. The van der Waals surface area contributed by atoms with Crippen LogP contribution in [0.2, 0.25) is 0 Å². The average molecular weight is 261 g/mol. The number of rotatable bonds is 4. The number of hydrogen-bond acceptors (Lipinski definition) is 3. The minimum absolute atomic E-state index is 0.0858. The number of imide groups is 1. The molecule has 19 heavy (non-hydrogen) atoms. The number of amides is 2. The Hall–Kier alpha value is -1.84. The van der Waals surface area contributed by atoms with Crippen LogP contribution in [0.25, 0.3) is 0 Å². The summed E-state index contributed by atoms with van der Waals surface area (Å²) >= 11 is 0. The number of hydrogen-bond donors (Lipinski definition) is 1. The van der Waals surface area contributed by atoms with Gasteiger partial charge in [-0.1, -0.05) is 31.5 Å². The van der Waals surface area contributed by atoms with Gasteiger partial charge in [-0.15, -0.1) is 0 Å². The highest BCUT2D eigenvalue weighted by Crippen LogP contribution is 2.38.